The number of carboxylic acids is 1. The number of nitrogens with one attached hydrogen (secondary N) is 4. The Hall–Kier alpha value is -4.22. The van der Waals surface area contributed by atoms with E-state index in [1.165, 1.54) is 0 Å². The number of carbonyl (C=O) groups excluding carboxylic acids is 3. The van der Waals surface area contributed by atoms with Crippen molar-refractivity contribution in [1.82, 2.24) is 20.9 Å². The molecule has 0 saturated heterocycles. The van der Waals surface area contributed by atoms with Crippen LogP contribution in [0.2, 0.25) is 0 Å². The monoisotopic (exact) mass is 536 g/mol. The number of benzene rings is 2. The number of carboxylic acid groups (broad SMARTS) is 1. The zero-order valence-electron chi connectivity index (χ0n) is 21.7. The number of carbonyl (C=O) groups is 4. The molecule has 1 heterocycles. The second-order valence-electron chi connectivity index (χ2n) is 9.32. The quantitative estimate of drug-likeness (QED) is 0.138. The molecule has 3 unspecified atom stereocenters. The highest BCUT2D eigenvalue weighted by Crippen LogP contribution is 2.19. The molecule has 3 amide bonds. The summed E-state index contributed by atoms with van der Waals surface area (Å²) in [6.45, 7) is 0.0989. The molecular weight excluding hydrogens is 500 g/mol. The molecule has 11 nitrogen and oxygen atoms in total. The van der Waals surface area contributed by atoms with E-state index in [9.17, 15) is 24.3 Å². The van der Waals surface area contributed by atoms with E-state index in [4.69, 9.17) is 11.5 Å². The number of H-pyrrole nitrogens is 1. The maximum atomic E-state index is 13.4. The normalized spacial score (nSPS) is 13.3. The molecule has 1 aromatic heterocycles. The molecule has 208 valence electrons. The molecule has 0 spiro atoms. The maximum absolute atomic E-state index is 13.4. The van der Waals surface area contributed by atoms with Crippen molar-refractivity contribution in [1.29, 1.82) is 0 Å². The smallest absolute Gasteiger partial charge is 0.326 e. The van der Waals surface area contributed by atoms with Crippen molar-refractivity contribution in [3.05, 3.63) is 71.9 Å². The van der Waals surface area contributed by atoms with E-state index in [-0.39, 0.29) is 25.8 Å². The third-order valence-corrected chi connectivity index (χ3v) is 6.41. The number of amides is 3. The predicted molar refractivity (Wildman–Crippen MR) is 148 cm³/mol. The molecule has 39 heavy (non-hydrogen) atoms. The van der Waals surface area contributed by atoms with Gasteiger partial charge in [0.05, 0.1) is 6.54 Å². The number of hydrogen-bond acceptors (Lipinski definition) is 6. The van der Waals surface area contributed by atoms with Crippen LogP contribution in [0.25, 0.3) is 10.9 Å². The van der Waals surface area contributed by atoms with Gasteiger partial charge in [0.1, 0.15) is 18.1 Å². The zero-order chi connectivity index (χ0) is 28.2. The van der Waals surface area contributed by atoms with Crippen LogP contribution in [0.5, 0.6) is 0 Å². The summed E-state index contributed by atoms with van der Waals surface area (Å²) in [5.41, 5.74) is 13.5. The summed E-state index contributed by atoms with van der Waals surface area (Å²) >= 11 is 0. The maximum Gasteiger partial charge on any atom is 0.326 e. The van der Waals surface area contributed by atoms with Gasteiger partial charge < -0.3 is 37.5 Å². The lowest BCUT2D eigenvalue weighted by Gasteiger charge is -2.24. The van der Waals surface area contributed by atoms with Crippen LogP contribution in [-0.2, 0) is 32.0 Å². The third kappa shape index (κ3) is 8.66. The van der Waals surface area contributed by atoms with Gasteiger partial charge in [-0.3, -0.25) is 14.4 Å². The number of hydrogen-bond donors (Lipinski definition) is 7. The molecule has 11 heteroatoms. The highest BCUT2D eigenvalue weighted by atomic mass is 16.4. The summed E-state index contributed by atoms with van der Waals surface area (Å²) in [5.74, 6) is -2.91. The van der Waals surface area contributed by atoms with Crippen molar-refractivity contribution in [3.8, 4) is 0 Å². The van der Waals surface area contributed by atoms with E-state index >= 15 is 0 Å². The van der Waals surface area contributed by atoms with Gasteiger partial charge in [0.25, 0.3) is 0 Å². The summed E-state index contributed by atoms with van der Waals surface area (Å²) < 4.78 is 0. The molecular formula is C28H36N6O5. The fourth-order valence-corrected chi connectivity index (χ4v) is 4.34. The van der Waals surface area contributed by atoms with Crippen LogP contribution in [0.15, 0.2) is 60.8 Å². The Morgan fingerprint density at radius 3 is 2.15 bits per heavy atom. The van der Waals surface area contributed by atoms with Crippen LogP contribution < -0.4 is 27.4 Å². The molecule has 0 saturated carbocycles. The fraction of sp³-hybridized carbons (Fsp3) is 0.357. The number of aromatic amines is 1. The van der Waals surface area contributed by atoms with Crippen LogP contribution >= 0.6 is 0 Å². The van der Waals surface area contributed by atoms with Gasteiger partial charge >= 0.3 is 5.97 Å². The zero-order valence-corrected chi connectivity index (χ0v) is 21.7. The topological polar surface area (TPSA) is 192 Å². The van der Waals surface area contributed by atoms with Crippen LogP contribution in [0, 0.1) is 0 Å². The molecule has 3 rings (SSSR count). The first-order valence-electron chi connectivity index (χ1n) is 12.9. The fourth-order valence-electron chi connectivity index (χ4n) is 4.34. The van der Waals surface area contributed by atoms with Crippen LogP contribution in [0.1, 0.15) is 30.4 Å². The molecule has 2 aromatic carbocycles. The SMILES string of the molecule is NCCCCC(NC(=O)C(Cc1c[nH]c2ccccc12)NC(=O)CN)C(=O)NC(Cc1ccccc1)C(=O)O. The Morgan fingerprint density at radius 2 is 1.46 bits per heavy atom. The lowest BCUT2D eigenvalue weighted by molar-refractivity contribution is -0.142. The van der Waals surface area contributed by atoms with E-state index in [0.717, 1.165) is 22.0 Å². The van der Waals surface area contributed by atoms with Crippen molar-refractivity contribution in [2.45, 2.75) is 50.2 Å². The molecule has 0 aliphatic rings. The van der Waals surface area contributed by atoms with Crippen LogP contribution in [0.4, 0.5) is 0 Å². The largest absolute Gasteiger partial charge is 0.480 e. The molecule has 0 bridgehead atoms. The van der Waals surface area contributed by atoms with E-state index in [1.54, 1.807) is 30.5 Å². The lowest BCUT2D eigenvalue weighted by atomic mass is 10.0. The van der Waals surface area contributed by atoms with Gasteiger partial charge in [0.15, 0.2) is 0 Å². The van der Waals surface area contributed by atoms with Gasteiger partial charge in [-0.15, -0.1) is 0 Å². The molecule has 0 fully saturated rings. The molecule has 0 aliphatic heterocycles. The summed E-state index contributed by atoms with van der Waals surface area (Å²) in [5, 5.41) is 18.5. The molecule has 3 aromatic rings. The van der Waals surface area contributed by atoms with Gasteiger partial charge in [-0.25, -0.2) is 4.79 Å². The highest BCUT2D eigenvalue weighted by molar-refractivity contribution is 5.94. The minimum atomic E-state index is -1.19. The van der Waals surface area contributed by atoms with Crippen LogP contribution in [0.3, 0.4) is 0 Å². The number of unbranched alkanes of at least 4 members (excludes halogenated alkanes) is 1. The third-order valence-electron chi connectivity index (χ3n) is 6.41. The van der Waals surface area contributed by atoms with Crippen molar-refractivity contribution >= 4 is 34.6 Å². The first-order valence-corrected chi connectivity index (χ1v) is 12.9. The average Bonchev–Trinajstić information content (AvgIpc) is 3.34. The van der Waals surface area contributed by atoms with E-state index < -0.39 is 41.8 Å². The van der Waals surface area contributed by atoms with E-state index in [1.807, 2.05) is 30.3 Å². The molecule has 3 atom stereocenters. The van der Waals surface area contributed by atoms with E-state index in [0.29, 0.717) is 19.4 Å². The Morgan fingerprint density at radius 1 is 0.795 bits per heavy atom. The number of para-hydroxylation sites is 1. The van der Waals surface area contributed by atoms with Gasteiger partial charge in [0.2, 0.25) is 17.7 Å². The summed E-state index contributed by atoms with van der Waals surface area (Å²) in [6, 6.07) is 13.3. The Balaban J connectivity index is 1.77. The number of nitrogens with two attached hydrogens (primary N) is 2. The average molecular weight is 537 g/mol. The van der Waals surface area contributed by atoms with Gasteiger partial charge in [-0.2, -0.15) is 0 Å². The Labute approximate surface area is 226 Å². The minimum Gasteiger partial charge on any atom is -0.480 e. The molecule has 9 N–H and O–H groups in total. The Kier molecular flexibility index (Phi) is 11.0. The first kappa shape index (κ1) is 29.3. The van der Waals surface area contributed by atoms with Crippen LogP contribution in [-0.4, -0.2) is 65.0 Å². The second kappa shape index (κ2) is 14.6. The Bertz CT molecular complexity index is 1260. The van der Waals surface area contributed by atoms with Crippen molar-refractivity contribution in [2.75, 3.05) is 13.1 Å². The number of fused-ring (bicyclic) bond motifs is 1. The van der Waals surface area contributed by atoms with Gasteiger partial charge in [0, 0.05) is 29.9 Å². The van der Waals surface area contributed by atoms with Crippen molar-refractivity contribution in [3.63, 3.8) is 0 Å². The number of aromatic nitrogens is 1. The molecule has 0 radical (unpaired) electrons. The second-order valence-corrected chi connectivity index (χ2v) is 9.32. The summed E-state index contributed by atoms with van der Waals surface area (Å²) in [7, 11) is 0. The number of aliphatic carboxylic acids is 1. The summed E-state index contributed by atoms with van der Waals surface area (Å²) in [4.78, 5) is 53.9. The number of rotatable bonds is 15. The van der Waals surface area contributed by atoms with Gasteiger partial charge in [-0.1, -0.05) is 48.5 Å². The first-order chi connectivity index (χ1) is 18.8. The standard InChI is InChI=1S/C28H36N6O5/c29-13-7-6-12-22(26(36)34-24(28(38)39)14-18-8-2-1-3-9-18)33-27(37)23(32-25(35)16-30)15-19-17-31-21-11-5-4-10-20(19)21/h1-5,8-11,17,22-24,31H,6-7,12-16,29-30H2,(H,32,35)(H,33,37)(H,34,36)(H,38,39). The highest BCUT2D eigenvalue weighted by Gasteiger charge is 2.30. The molecule has 0 aliphatic carbocycles. The van der Waals surface area contributed by atoms with Gasteiger partial charge in [-0.05, 0) is 43.0 Å². The predicted octanol–water partition coefficient (Wildman–Crippen LogP) is 0.580. The lowest BCUT2D eigenvalue weighted by Crippen LogP contribution is -2.56. The minimum absolute atomic E-state index is 0.0845. The van der Waals surface area contributed by atoms with Crippen molar-refractivity contribution in [2.24, 2.45) is 11.5 Å². The van der Waals surface area contributed by atoms with E-state index in [2.05, 4.69) is 20.9 Å². The van der Waals surface area contributed by atoms with Crippen molar-refractivity contribution < 1.29 is 24.3 Å². The summed E-state index contributed by atoms with van der Waals surface area (Å²) in [6.07, 6.45) is 3.41.